The van der Waals surface area contributed by atoms with Crippen molar-refractivity contribution in [3.05, 3.63) is 107 Å². The summed E-state index contributed by atoms with van der Waals surface area (Å²) in [6.07, 6.45) is 1.83. The van der Waals surface area contributed by atoms with Crippen LogP contribution in [-0.4, -0.2) is 200 Å². The monoisotopic (exact) mass is 1210 g/mol. The van der Waals surface area contributed by atoms with Gasteiger partial charge in [-0.3, -0.25) is 19.2 Å². The molecule has 4 aromatic carbocycles. The molecule has 0 aliphatic carbocycles. The van der Waals surface area contributed by atoms with E-state index in [1.807, 2.05) is 93.7 Å². The van der Waals surface area contributed by atoms with Crippen LogP contribution in [-0.2, 0) is 44.5 Å². The van der Waals surface area contributed by atoms with Gasteiger partial charge in [0.15, 0.2) is 5.82 Å². The van der Waals surface area contributed by atoms with Crippen molar-refractivity contribution in [2.24, 2.45) is 5.41 Å². The number of piperazine rings is 1. The maximum atomic E-state index is 17.0. The van der Waals surface area contributed by atoms with Crippen LogP contribution in [0.1, 0.15) is 44.9 Å². The van der Waals surface area contributed by atoms with Gasteiger partial charge in [0.2, 0.25) is 29.6 Å². The van der Waals surface area contributed by atoms with Gasteiger partial charge in [-0.15, -0.1) is 11.3 Å². The second kappa shape index (κ2) is 30.5. The molecule has 8 rings (SSSR count). The van der Waals surface area contributed by atoms with E-state index in [2.05, 4.69) is 37.4 Å². The number of aryl methyl sites for hydroxylation is 1. The van der Waals surface area contributed by atoms with Crippen molar-refractivity contribution in [2.75, 3.05) is 129 Å². The summed E-state index contributed by atoms with van der Waals surface area (Å²) in [5, 5.41) is 32.3. The zero-order valence-corrected chi connectivity index (χ0v) is 50.6. The molecule has 6 aromatic rings. The van der Waals surface area contributed by atoms with E-state index in [4.69, 9.17) is 35.5 Å². The highest BCUT2D eigenvalue weighted by Crippen LogP contribution is 2.42. The lowest BCUT2D eigenvalue weighted by Crippen LogP contribution is -2.58. The second-order valence-electron chi connectivity index (χ2n) is 22.3. The molecule has 0 spiro atoms. The van der Waals surface area contributed by atoms with Crippen molar-refractivity contribution in [2.45, 2.75) is 65.1 Å². The van der Waals surface area contributed by atoms with Crippen molar-refractivity contribution in [3.63, 3.8) is 0 Å². The number of likely N-dealkylation sites (N-methyl/N-ethyl adjacent to an activating group) is 1. The average Bonchev–Trinajstić information content (AvgIpc) is 1.98. The van der Waals surface area contributed by atoms with Crippen LogP contribution in [0.4, 0.5) is 16.2 Å². The van der Waals surface area contributed by atoms with Crippen LogP contribution in [0.15, 0.2) is 84.9 Å². The highest BCUT2D eigenvalue weighted by molar-refractivity contribution is 7.13. The lowest BCUT2D eigenvalue weighted by Gasteiger charge is -2.35. The number of phenols is 1. The Morgan fingerprint density at radius 3 is 2.28 bits per heavy atom. The number of aromatic hydroxyl groups is 1. The maximum Gasteiger partial charge on any atom is 0.246 e. The van der Waals surface area contributed by atoms with Gasteiger partial charge in [-0.2, -0.15) is 4.98 Å². The summed E-state index contributed by atoms with van der Waals surface area (Å²) in [6, 6.07) is 18.5. The van der Waals surface area contributed by atoms with E-state index in [1.165, 1.54) is 17.0 Å². The number of aromatic nitrogens is 3. The summed E-state index contributed by atoms with van der Waals surface area (Å²) in [6.45, 7) is 17.1. The third-order valence-electron chi connectivity index (χ3n) is 15.0. The number of aliphatic hydroxyl groups is 1. The number of fused-ring (bicyclic) bond motifs is 2. The molecule has 0 radical (unpaired) electrons. The number of carbonyl (C=O) groups is 4. The van der Waals surface area contributed by atoms with E-state index < -0.39 is 41.2 Å². The molecule has 0 bridgehead atoms. The molecule has 20 nitrogen and oxygen atoms in total. The summed E-state index contributed by atoms with van der Waals surface area (Å²) in [5.74, 6) is -1.36. The maximum absolute atomic E-state index is 17.0. The number of anilines is 2. The Hall–Kier alpha value is -6.89. The molecular weight excluding hydrogens is 1130 g/mol. The fraction of sp³-hybridized carbons (Fsp3) is 0.468. The van der Waals surface area contributed by atoms with Gasteiger partial charge in [-0.1, -0.05) is 87.5 Å². The number of ether oxygens (including phenoxy) is 4. The highest BCUT2D eigenvalue weighted by Gasteiger charge is 2.44. The van der Waals surface area contributed by atoms with Crippen LogP contribution in [0.5, 0.6) is 5.75 Å². The van der Waals surface area contributed by atoms with Gasteiger partial charge in [-0.25, -0.2) is 14.4 Å². The molecule has 85 heavy (non-hydrogen) atoms. The van der Waals surface area contributed by atoms with Gasteiger partial charge in [0.05, 0.1) is 73.5 Å². The lowest BCUT2D eigenvalue weighted by molar-refractivity contribution is -0.144. The molecule has 3 atom stereocenters. The molecule has 4 heterocycles. The Morgan fingerprint density at radius 1 is 0.906 bits per heavy atom. The van der Waals surface area contributed by atoms with E-state index in [0.29, 0.717) is 102 Å². The zero-order chi connectivity index (χ0) is 60.6. The predicted octanol–water partition coefficient (Wildman–Crippen LogP) is 6.87. The Balaban J connectivity index is 0.695. The second-order valence-corrected chi connectivity index (χ2v) is 23.5. The molecule has 2 saturated heterocycles. The minimum atomic E-state index is -0.976. The molecule has 2 aliphatic rings. The van der Waals surface area contributed by atoms with Crippen molar-refractivity contribution in [1.82, 2.24) is 40.3 Å². The Labute approximate surface area is 504 Å². The Bertz CT molecular complexity index is 3270. The zero-order valence-electron chi connectivity index (χ0n) is 49.0. The molecule has 2 fully saturated rings. The number of nitrogens with one attached hydrogen (secondary N) is 3. The standard InChI is InChI=1S/C62H78ClFN10O10S/c1-7-52(78)72-21-23-73(24-22-72)58-48-36-49(63)53(47-34-44(75)33-43-11-8-9-12-46(43)47)54(64)55(48)69-61(70-58)66-18-10-20-71(6)25-26-81-27-28-82-29-30-83-31-32-84-38-51(77)68-57(62(3,4)5)60(80)74-37-45(76)35-50(74)59(79)65-19-17-41-13-15-42(16-14-41)56-40(2)67-39-85-56/h7-9,11-16,33-34,36,39,45,50,57,75-76H,1,10,17-32,35,37-38H2,2-6H3,(H,65,79)(H,68,77)(H,66,69,70)/t45-,50-,57+/m0/s1. The number of thiazole rings is 1. The van der Waals surface area contributed by atoms with Gasteiger partial charge < -0.3 is 64.7 Å². The number of phenolic OH excluding ortho intramolecular Hbond substituents is 1. The topological polar surface area (TPSA) is 233 Å². The van der Waals surface area contributed by atoms with E-state index >= 15 is 4.39 Å². The number of likely N-dealkylation sites (tertiary alicyclic amines) is 1. The molecule has 2 aliphatic heterocycles. The van der Waals surface area contributed by atoms with Gasteiger partial charge in [0.1, 0.15) is 35.8 Å². The fourth-order valence-corrected chi connectivity index (χ4v) is 11.5. The minimum absolute atomic E-state index is 0.0203. The van der Waals surface area contributed by atoms with E-state index in [1.54, 1.807) is 28.4 Å². The number of carbonyl (C=O) groups excluding carboxylic acids is 4. The minimum Gasteiger partial charge on any atom is -0.508 e. The van der Waals surface area contributed by atoms with E-state index in [-0.39, 0.29) is 72.4 Å². The smallest absolute Gasteiger partial charge is 0.246 e. The third kappa shape index (κ3) is 17.2. The number of hydrogen-bond acceptors (Lipinski definition) is 17. The van der Waals surface area contributed by atoms with Crippen molar-refractivity contribution < 1.29 is 52.7 Å². The van der Waals surface area contributed by atoms with E-state index in [9.17, 15) is 29.4 Å². The van der Waals surface area contributed by atoms with Crippen LogP contribution < -0.4 is 20.9 Å². The largest absolute Gasteiger partial charge is 0.508 e. The number of benzene rings is 4. The molecule has 4 amide bonds. The van der Waals surface area contributed by atoms with Gasteiger partial charge >= 0.3 is 0 Å². The Morgan fingerprint density at radius 2 is 1.60 bits per heavy atom. The summed E-state index contributed by atoms with van der Waals surface area (Å²) in [5.41, 5.74) is 4.88. The molecule has 23 heteroatoms. The van der Waals surface area contributed by atoms with Crippen LogP contribution in [0.3, 0.4) is 0 Å². The number of nitrogens with zero attached hydrogens (tertiary/aromatic N) is 7. The van der Waals surface area contributed by atoms with Crippen molar-refractivity contribution >= 4 is 80.0 Å². The quantitative estimate of drug-likeness (QED) is 0.0238. The fourth-order valence-electron chi connectivity index (χ4n) is 10.4. The number of aliphatic hydroxyl groups excluding tert-OH is 1. The van der Waals surface area contributed by atoms with Crippen LogP contribution in [0.2, 0.25) is 5.02 Å². The Kier molecular flexibility index (Phi) is 23.0. The van der Waals surface area contributed by atoms with Gasteiger partial charge in [0, 0.05) is 69.7 Å². The summed E-state index contributed by atoms with van der Waals surface area (Å²) < 4.78 is 39.6. The highest BCUT2D eigenvalue weighted by atomic mass is 35.5. The summed E-state index contributed by atoms with van der Waals surface area (Å²) in [4.78, 5) is 75.1. The number of β-amino-alcohol motifs (C(OH)–C–C–N with tert-alkyl or cyclic N) is 1. The molecule has 0 unspecified atom stereocenters. The summed E-state index contributed by atoms with van der Waals surface area (Å²) >= 11 is 8.49. The number of amides is 4. The molecule has 456 valence electrons. The van der Waals surface area contributed by atoms with Crippen molar-refractivity contribution in [3.8, 4) is 27.3 Å². The number of rotatable bonds is 29. The number of hydrogen-bond donors (Lipinski definition) is 5. The van der Waals surface area contributed by atoms with Gasteiger partial charge in [-0.05, 0) is 90.5 Å². The SMILES string of the molecule is C=CC(=O)N1CCN(c2nc(NCCCN(C)CCOCCOCCOCCOCC(=O)N[C@H](C(=O)N3C[C@@H](O)C[C@H]3C(=O)NCCc3ccc(-c4scnc4C)cc3)C(C)(C)C)nc3c(F)c(-c4cc(O)cc5ccccc45)c(Cl)cc23)CC1. The van der Waals surface area contributed by atoms with Crippen molar-refractivity contribution in [1.29, 1.82) is 0 Å². The average molecular weight is 1210 g/mol. The molecular formula is C62H78ClFN10O10S. The molecule has 5 N–H and O–H groups in total. The van der Waals surface area contributed by atoms with E-state index in [0.717, 1.165) is 45.4 Å². The molecule has 2 aromatic heterocycles. The first kappa shape index (κ1) is 64.1. The normalized spacial score (nSPS) is 15.9. The third-order valence-corrected chi connectivity index (χ3v) is 16.2. The van der Waals surface area contributed by atoms with Gasteiger partial charge in [0.25, 0.3) is 0 Å². The first-order valence-corrected chi connectivity index (χ1v) is 30.0. The van der Waals surface area contributed by atoms with Crippen LogP contribution in [0, 0.1) is 18.2 Å². The first-order valence-electron chi connectivity index (χ1n) is 28.8. The molecule has 0 saturated carbocycles. The lowest BCUT2D eigenvalue weighted by atomic mass is 9.85. The predicted molar refractivity (Wildman–Crippen MR) is 328 cm³/mol. The summed E-state index contributed by atoms with van der Waals surface area (Å²) in [7, 11) is 2.00. The van der Waals surface area contributed by atoms with Crippen LogP contribution >= 0.6 is 22.9 Å². The van der Waals surface area contributed by atoms with Crippen LogP contribution in [0.25, 0.3) is 43.2 Å². The first-order chi connectivity index (χ1) is 40.9. The number of halogens is 2.